The number of benzene rings is 1. The van der Waals surface area contributed by atoms with E-state index in [1.54, 1.807) is 22.7 Å². The molecule has 0 nitrogen and oxygen atoms in total. The molecule has 0 saturated heterocycles. The first kappa shape index (κ1) is 25.8. The molecule has 0 bridgehead atoms. The van der Waals surface area contributed by atoms with Crippen LogP contribution in [0.15, 0.2) is 108 Å². The van der Waals surface area contributed by atoms with E-state index in [1.807, 2.05) is 45.3 Å². The third-order valence-electron chi connectivity index (χ3n) is 6.30. The summed E-state index contributed by atoms with van der Waals surface area (Å²) in [6, 6.07) is 35.2. The highest BCUT2D eigenvalue weighted by Crippen LogP contribution is 2.40. The van der Waals surface area contributed by atoms with Crippen LogP contribution in [-0.4, -0.2) is 0 Å². The van der Waals surface area contributed by atoms with Crippen LogP contribution in [0.3, 0.4) is 0 Å². The Kier molecular flexibility index (Phi) is 7.62. The molecule has 194 valence electrons. The molecule has 40 heavy (non-hydrogen) atoms. The van der Waals surface area contributed by atoms with Gasteiger partial charge in [0, 0.05) is 48.8 Å². The van der Waals surface area contributed by atoms with Gasteiger partial charge in [0.2, 0.25) is 0 Å². The fraction of sp³-hybridized carbons (Fsp3) is 0. The molecule has 7 rings (SSSR count). The number of thiophene rings is 6. The Hall–Kier alpha value is -3.10. The summed E-state index contributed by atoms with van der Waals surface area (Å²) in [5.74, 6) is 0. The Morgan fingerprint density at radius 1 is 0.325 bits per heavy atom. The monoisotopic (exact) mass is 622 g/mol. The predicted molar refractivity (Wildman–Crippen MR) is 186 cm³/mol. The Morgan fingerprint density at radius 3 is 1.10 bits per heavy atom. The molecule has 0 spiro atoms. The Bertz CT molecular complexity index is 1740. The number of rotatable bonds is 8. The van der Waals surface area contributed by atoms with Gasteiger partial charge < -0.3 is 0 Å². The third kappa shape index (κ3) is 5.84. The molecule has 6 heteroatoms. The van der Waals surface area contributed by atoms with Gasteiger partial charge in [-0.15, -0.1) is 68.0 Å². The second-order valence-corrected chi connectivity index (χ2v) is 15.3. The van der Waals surface area contributed by atoms with Gasteiger partial charge in [-0.05, 0) is 94.7 Å². The maximum Gasteiger partial charge on any atom is 0.0449 e. The summed E-state index contributed by atoms with van der Waals surface area (Å²) < 4.78 is 0. The van der Waals surface area contributed by atoms with E-state index in [0.717, 1.165) is 0 Å². The molecule has 0 unspecified atom stereocenters. The zero-order chi connectivity index (χ0) is 26.7. The molecule has 6 aromatic heterocycles. The quantitative estimate of drug-likeness (QED) is 0.158. The van der Waals surface area contributed by atoms with Crippen LogP contribution in [0.2, 0.25) is 0 Å². The van der Waals surface area contributed by atoms with E-state index in [9.17, 15) is 0 Å². The van der Waals surface area contributed by atoms with Crippen molar-refractivity contribution in [3.05, 3.63) is 129 Å². The number of hydrogen-bond donors (Lipinski definition) is 0. The Morgan fingerprint density at radius 2 is 0.700 bits per heavy atom. The maximum absolute atomic E-state index is 2.24. The summed E-state index contributed by atoms with van der Waals surface area (Å²) >= 11 is 11.0. The largest absolute Gasteiger partial charge is 0.143 e. The lowest BCUT2D eigenvalue weighted by Crippen LogP contribution is -1.74. The molecule has 0 amide bonds. The Labute approximate surface area is 258 Å². The maximum atomic E-state index is 2.24. The van der Waals surface area contributed by atoms with E-state index in [1.165, 1.54) is 59.9 Å². The summed E-state index contributed by atoms with van der Waals surface area (Å²) in [7, 11) is 0. The first-order chi connectivity index (χ1) is 19.8. The van der Waals surface area contributed by atoms with Crippen molar-refractivity contribution in [2.75, 3.05) is 0 Å². The highest BCUT2D eigenvalue weighted by atomic mass is 32.1. The van der Waals surface area contributed by atoms with Gasteiger partial charge >= 0.3 is 0 Å². The van der Waals surface area contributed by atoms with Crippen molar-refractivity contribution in [2.45, 2.75) is 0 Å². The topological polar surface area (TPSA) is 0 Å². The fourth-order valence-electron chi connectivity index (χ4n) is 4.27. The van der Waals surface area contributed by atoms with Crippen molar-refractivity contribution in [3.8, 4) is 39.0 Å². The molecule has 0 atom stereocenters. The zero-order valence-corrected chi connectivity index (χ0v) is 26.1. The lowest BCUT2D eigenvalue weighted by Gasteiger charge is -1.96. The van der Waals surface area contributed by atoms with Crippen LogP contribution in [0.25, 0.3) is 63.3 Å². The molecular formula is C34H22S6. The molecule has 0 radical (unpaired) electrons. The van der Waals surface area contributed by atoms with E-state index in [-0.39, 0.29) is 0 Å². The van der Waals surface area contributed by atoms with E-state index in [0.29, 0.717) is 0 Å². The highest BCUT2D eigenvalue weighted by Gasteiger charge is 2.09. The van der Waals surface area contributed by atoms with Gasteiger partial charge in [0.15, 0.2) is 0 Å². The van der Waals surface area contributed by atoms with Crippen LogP contribution in [0.4, 0.5) is 0 Å². The zero-order valence-electron chi connectivity index (χ0n) is 21.2. The number of hydrogen-bond acceptors (Lipinski definition) is 6. The van der Waals surface area contributed by atoms with Gasteiger partial charge in [0.1, 0.15) is 0 Å². The van der Waals surface area contributed by atoms with Crippen molar-refractivity contribution in [1.82, 2.24) is 0 Å². The summed E-state index contributed by atoms with van der Waals surface area (Å²) in [5.41, 5.74) is 2.42. The third-order valence-corrected chi connectivity index (χ3v) is 13.1. The molecule has 0 aliphatic heterocycles. The van der Waals surface area contributed by atoms with E-state index in [2.05, 4.69) is 132 Å². The molecule has 0 saturated carbocycles. The van der Waals surface area contributed by atoms with Crippen molar-refractivity contribution in [2.24, 2.45) is 0 Å². The minimum Gasteiger partial charge on any atom is -0.143 e. The van der Waals surface area contributed by atoms with Gasteiger partial charge in [-0.25, -0.2) is 0 Å². The molecule has 0 N–H and O–H groups in total. The normalized spacial score (nSPS) is 11.8. The first-order valence-corrected chi connectivity index (χ1v) is 17.7. The van der Waals surface area contributed by atoms with Crippen molar-refractivity contribution >= 4 is 92.3 Å². The van der Waals surface area contributed by atoms with E-state index < -0.39 is 0 Å². The van der Waals surface area contributed by atoms with Crippen molar-refractivity contribution < 1.29 is 0 Å². The average molecular weight is 623 g/mol. The lowest BCUT2D eigenvalue weighted by molar-refractivity contribution is 1.63. The minimum absolute atomic E-state index is 1.21. The second kappa shape index (κ2) is 11.8. The summed E-state index contributed by atoms with van der Waals surface area (Å²) in [6.07, 6.45) is 8.83. The van der Waals surface area contributed by atoms with Crippen LogP contribution in [0.1, 0.15) is 20.9 Å². The smallest absolute Gasteiger partial charge is 0.0449 e. The van der Waals surface area contributed by atoms with E-state index >= 15 is 0 Å². The van der Waals surface area contributed by atoms with Crippen LogP contribution < -0.4 is 0 Å². The SMILES string of the molecule is C(=C\c1ccc(-c2ccc(-c3cccs3)s2)s1)/c1ccc(/C=C/c2ccc(-c3ccc(-c4cccs4)s3)s2)cc1. The highest BCUT2D eigenvalue weighted by molar-refractivity contribution is 7.27. The summed E-state index contributed by atoms with van der Waals surface area (Å²) in [6.45, 7) is 0. The van der Waals surface area contributed by atoms with Crippen LogP contribution in [0, 0.1) is 0 Å². The lowest BCUT2D eigenvalue weighted by atomic mass is 10.1. The van der Waals surface area contributed by atoms with Crippen LogP contribution in [0.5, 0.6) is 0 Å². The van der Waals surface area contributed by atoms with Gasteiger partial charge in [0.25, 0.3) is 0 Å². The van der Waals surface area contributed by atoms with Gasteiger partial charge in [-0.1, -0.05) is 48.6 Å². The molecule has 1 aromatic carbocycles. The summed E-state index contributed by atoms with van der Waals surface area (Å²) in [5, 5.41) is 4.28. The first-order valence-electron chi connectivity index (χ1n) is 12.7. The fourth-order valence-corrected chi connectivity index (χ4v) is 9.95. The second-order valence-electron chi connectivity index (χ2n) is 9.02. The van der Waals surface area contributed by atoms with E-state index in [4.69, 9.17) is 0 Å². The van der Waals surface area contributed by atoms with Gasteiger partial charge in [0.05, 0.1) is 0 Å². The molecule has 0 fully saturated rings. The molecule has 7 aromatic rings. The van der Waals surface area contributed by atoms with Crippen LogP contribution in [-0.2, 0) is 0 Å². The van der Waals surface area contributed by atoms with Crippen molar-refractivity contribution in [3.63, 3.8) is 0 Å². The standard InChI is InChI=1S/C34H22S6/c1-3-27(35-21-1)29-17-19-33(39-29)31-15-13-25(37-31)11-9-23-5-7-24(8-6-23)10-12-26-14-16-32(38-26)34-20-18-30(40-34)28-4-2-22-36-28/h1-22H/b11-9+,12-10+. The van der Waals surface area contributed by atoms with Gasteiger partial charge in [-0.3, -0.25) is 0 Å². The minimum atomic E-state index is 1.21. The molecule has 6 heterocycles. The average Bonchev–Trinajstić information content (AvgIpc) is 3.83. The molecular weight excluding hydrogens is 601 g/mol. The molecule has 0 aliphatic carbocycles. The van der Waals surface area contributed by atoms with Crippen molar-refractivity contribution in [1.29, 1.82) is 0 Å². The molecule has 0 aliphatic rings. The predicted octanol–water partition coefficient (Wildman–Crippen LogP) is 13.1. The Balaban J connectivity index is 0.980. The van der Waals surface area contributed by atoms with Crippen LogP contribution >= 0.6 is 68.0 Å². The van der Waals surface area contributed by atoms with Gasteiger partial charge in [-0.2, -0.15) is 0 Å². The summed E-state index contributed by atoms with van der Waals surface area (Å²) in [4.78, 5) is 13.2.